The first kappa shape index (κ1) is 46.3. The van der Waals surface area contributed by atoms with Crippen LogP contribution in [0.15, 0.2) is 267 Å². The number of rotatable bonds is 7. The van der Waals surface area contributed by atoms with Gasteiger partial charge in [0.15, 0.2) is 0 Å². The molecule has 0 unspecified atom stereocenters. The molecule has 0 aliphatic heterocycles. The Hall–Kier alpha value is -9.76. The fourth-order valence-electron chi connectivity index (χ4n) is 13.9. The number of para-hydroxylation sites is 3. The first-order valence-electron chi connectivity index (χ1n) is 28.1. The second kappa shape index (κ2) is 17.4. The Morgan fingerprint density at radius 1 is 0.212 bits per heavy atom. The minimum atomic E-state index is -0.179. The zero-order chi connectivity index (χ0) is 53.4. The van der Waals surface area contributed by atoms with Gasteiger partial charge in [0.05, 0.1) is 22.1 Å². The van der Waals surface area contributed by atoms with Gasteiger partial charge in [-0.25, -0.2) is 0 Å². The lowest BCUT2D eigenvalue weighted by Gasteiger charge is -2.24. The number of fused-ring (bicyclic) bond motifs is 12. The van der Waals surface area contributed by atoms with E-state index in [0.29, 0.717) is 0 Å². The summed E-state index contributed by atoms with van der Waals surface area (Å²) < 4.78 is 4.79. The Morgan fingerprint density at radius 2 is 0.487 bits per heavy atom. The molecule has 0 spiro atoms. The van der Waals surface area contributed by atoms with Crippen LogP contribution in [-0.2, 0) is 10.8 Å². The first-order valence-corrected chi connectivity index (χ1v) is 28.1. The second-order valence-corrected chi connectivity index (χ2v) is 23.3. The van der Waals surface area contributed by atoms with E-state index in [2.05, 4.69) is 304 Å². The summed E-state index contributed by atoms with van der Waals surface area (Å²) in [6.07, 6.45) is 0. The van der Waals surface area contributed by atoms with Crippen molar-refractivity contribution in [1.29, 1.82) is 0 Å². The van der Waals surface area contributed by atoms with Gasteiger partial charge >= 0.3 is 0 Å². The van der Waals surface area contributed by atoms with Gasteiger partial charge in [-0.1, -0.05) is 210 Å². The zero-order valence-electron chi connectivity index (χ0n) is 45.3. The van der Waals surface area contributed by atoms with Crippen LogP contribution in [0.3, 0.4) is 0 Å². The highest BCUT2D eigenvalue weighted by molar-refractivity contribution is 6.12. The summed E-state index contributed by atoms with van der Waals surface area (Å²) in [5.74, 6) is 0. The van der Waals surface area contributed by atoms with Crippen molar-refractivity contribution in [3.05, 3.63) is 289 Å². The molecule has 0 saturated carbocycles. The molecule has 2 heteroatoms. The molecular weight excluding hydrogens is 965 g/mol. The van der Waals surface area contributed by atoms with Crippen molar-refractivity contribution in [3.8, 4) is 89.3 Å². The fourth-order valence-corrected chi connectivity index (χ4v) is 13.9. The highest BCUT2D eigenvalue weighted by Crippen LogP contribution is 2.54. The molecule has 0 atom stereocenters. The Labute approximate surface area is 467 Å². The third-order valence-corrected chi connectivity index (χ3v) is 18.2. The highest BCUT2D eigenvalue weighted by atomic mass is 15.0. The van der Waals surface area contributed by atoms with Crippen molar-refractivity contribution in [2.75, 3.05) is 0 Å². The van der Waals surface area contributed by atoms with Crippen molar-refractivity contribution in [2.24, 2.45) is 0 Å². The quantitative estimate of drug-likeness (QED) is 0.151. The Morgan fingerprint density at radius 3 is 0.925 bits per heavy atom. The normalized spacial score (nSPS) is 13.7. The van der Waals surface area contributed by atoms with E-state index >= 15 is 0 Å². The van der Waals surface area contributed by atoms with Crippen molar-refractivity contribution in [1.82, 2.24) is 9.13 Å². The molecule has 0 amide bonds. The standard InChI is InChI=1S/C78H56N2/c1-77(2)69-45-55(52-25-23-51(24-26-52)53-33-41-75-67(43-53)65-19-11-13-21-73(65)79(75)59-17-9-6-10-18-59)29-37-61(69)63-39-31-57(47-71(63)77)58-32-40-64-62-38-30-56(46-70(62)78(3,4)72(64)48-58)54-34-42-76-68(44-54)66-20-12-14-22-74(66)80(76)60-35-27-50(28-36-60)49-15-7-5-8-16-49/h5-48H,1-4H3. The molecule has 12 aromatic carbocycles. The van der Waals surface area contributed by atoms with Crippen molar-refractivity contribution >= 4 is 43.6 Å². The maximum Gasteiger partial charge on any atom is 0.0541 e. The summed E-state index contributed by atoms with van der Waals surface area (Å²) in [5, 5.41) is 5.06. The molecule has 2 aromatic heterocycles. The van der Waals surface area contributed by atoms with Gasteiger partial charge in [-0.05, 0) is 185 Å². The Kier molecular flexibility index (Phi) is 10.1. The molecule has 80 heavy (non-hydrogen) atoms. The molecule has 2 nitrogen and oxygen atoms in total. The van der Waals surface area contributed by atoms with E-state index in [0.717, 1.165) is 5.69 Å². The van der Waals surface area contributed by atoms with E-state index < -0.39 is 0 Å². The van der Waals surface area contributed by atoms with E-state index in [1.54, 1.807) is 0 Å². The summed E-state index contributed by atoms with van der Waals surface area (Å²) in [5.41, 5.74) is 30.1. The van der Waals surface area contributed by atoms with Crippen molar-refractivity contribution < 1.29 is 0 Å². The molecule has 0 N–H and O–H groups in total. The molecule has 0 fully saturated rings. The van der Waals surface area contributed by atoms with Crippen LogP contribution in [0.4, 0.5) is 0 Å². The molecule has 16 rings (SSSR count). The van der Waals surface area contributed by atoms with E-state index in [1.165, 1.54) is 149 Å². The van der Waals surface area contributed by atoms with Crippen LogP contribution in [0, 0.1) is 0 Å². The van der Waals surface area contributed by atoms with Crippen molar-refractivity contribution in [2.45, 2.75) is 38.5 Å². The predicted octanol–water partition coefficient (Wildman–Crippen LogP) is 20.8. The Balaban J connectivity index is 0.673. The minimum absolute atomic E-state index is 0.167. The second-order valence-electron chi connectivity index (χ2n) is 23.3. The van der Waals surface area contributed by atoms with Crippen LogP contribution in [0.25, 0.3) is 133 Å². The van der Waals surface area contributed by atoms with Gasteiger partial charge in [0.2, 0.25) is 0 Å². The van der Waals surface area contributed by atoms with Gasteiger partial charge in [-0.15, -0.1) is 0 Å². The van der Waals surface area contributed by atoms with Crippen LogP contribution < -0.4 is 0 Å². The predicted molar refractivity (Wildman–Crippen MR) is 337 cm³/mol. The molecule has 0 saturated heterocycles. The number of nitrogens with zero attached hydrogens (tertiary/aromatic N) is 2. The molecule has 2 aliphatic carbocycles. The van der Waals surface area contributed by atoms with Crippen LogP contribution in [-0.4, -0.2) is 9.13 Å². The lowest BCUT2D eigenvalue weighted by molar-refractivity contribution is 0.660. The topological polar surface area (TPSA) is 9.86 Å². The number of aromatic nitrogens is 2. The smallest absolute Gasteiger partial charge is 0.0541 e. The molecular formula is C78H56N2. The monoisotopic (exact) mass is 1020 g/mol. The van der Waals surface area contributed by atoms with Gasteiger partial charge in [-0.3, -0.25) is 0 Å². The Bertz CT molecular complexity index is 4830. The molecule has 0 radical (unpaired) electrons. The largest absolute Gasteiger partial charge is 0.309 e. The maximum atomic E-state index is 2.47. The first-order chi connectivity index (χ1) is 39.2. The molecule has 2 aliphatic rings. The third kappa shape index (κ3) is 6.98. The molecule has 0 bridgehead atoms. The number of hydrogen-bond acceptors (Lipinski definition) is 0. The fraction of sp³-hybridized carbons (Fsp3) is 0.0769. The summed E-state index contributed by atoms with van der Waals surface area (Å²) >= 11 is 0. The summed E-state index contributed by atoms with van der Waals surface area (Å²) in [4.78, 5) is 0. The summed E-state index contributed by atoms with van der Waals surface area (Å²) in [6.45, 7) is 9.62. The molecule has 14 aromatic rings. The average molecular weight is 1020 g/mol. The SMILES string of the molecule is CC1(C)c2cc(-c3ccc(-c4ccc5c(c4)c4ccccc4n5-c4ccccc4)cc3)ccc2-c2ccc(-c3ccc4c(c3)C(C)(C)c3cc(-c5ccc6c(c5)c5ccccc5n6-c5ccc(-c6ccccc6)cc5)ccc3-4)cc21. The van der Waals surface area contributed by atoms with Crippen LogP contribution in [0.5, 0.6) is 0 Å². The number of benzene rings is 12. The molecule has 378 valence electrons. The van der Waals surface area contributed by atoms with E-state index in [4.69, 9.17) is 0 Å². The van der Waals surface area contributed by atoms with Crippen LogP contribution in [0.2, 0.25) is 0 Å². The minimum Gasteiger partial charge on any atom is -0.309 e. The third-order valence-electron chi connectivity index (χ3n) is 18.2. The number of hydrogen-bond donors (Lipinski definition) is 0. The maximum absolute atomic E-state index is 2.47. The van der Waals surface area contributed by atoms with E-state index in [-0.39, 0.29) is 10.8 Å². The van der Waals surface area contributed by atoms with E-state index in [9.17, 15) is 0 Å². The summed E-state index contributed by atoms with van der Waals surface area (Å²) in [6, 6.07) is 99.6. The van der Waals surface area contributed by atoms with Gasteiger partial charge in [0, 0.05) is 43.7 Å². The molecule has 2 heterocycles. The van der Waals surface area contributed by atoms with Crippen LogP contribution >= 0.6 is 0 Å². The van der Waals surface area contributed by atoms with Gasteiger partial charge in [0.25, 0.3) is 0 Å². The highest BCUT2D eigenvalue weighted by Gasteiger charge is 2.38. The van der Waals surface area contributed by atoms with Gasteiger partial charge < -0.3 is 9.13 Å². The average Bonchev–Trinajstić information content (AvgIpc) is 4.18. The van der Waals surface area contributed by atoms with Crippen LogP contribution in [0.1, 0.15) is 49.9 Å². The zero-order valence-corrected chi connectivity index (χ0v) is 45.3. The van der Waals surface area contributed by atoms with Crippen molar-refractivity contribution in [3.63, 3.8) is 0 Å². The summed E-state index contributed by atoms with van der Waals surface area (Å²) in [7, 11) is 0. The van der Waals surface area contributed by atoms with E-state index in [1.807, 2.05) is 0 Å². The van der Waals surface area contributed by atoms with Gasteiger partial charge in [-0.2, -0.15) is 0 Å². The lowest BCUT2D eigenvalue weighted by atomic mass is 9.79. The van der Waals surface area contributed by atoms with Gasteiger partial charge in [0.1, 0.15) is 0 Å². The lowest BCUT2D eigenvalue weighted by Crippen LogP contribution is -2.15.